The van der Waals surface area contributed by atoms with E-state index in [-0.39, 0.29) is 5.70 Å². The fraction of sp³-hybridized carbons (Fsp3) is 0.182. The summed E-state index contributed by atoms with van der Waals surface area (Å²) in [6.07, 6.45) is 0. The molecular weight excluding hydrogens is 286 g/mol. The summed E-state index contributed by atoms with van der Waals surface area (Å²) >= 11 is 0. The van der Waals surface area contributed by atoms with E-state index in [2.05, 4.69) is 10.5 Å². The lowest BCUT2D eigenvalue weighted by Crippen LogP contribution is -2.16. The Hall–Kier alpha value is -2.42. The number of sulfone groups is 1. The molecule has 0 unspecified atom stereocenters. The number of hydrogen-bond donors (Lipinski definition) is 2. The van der Waals surface area contributed by atoms with E-state index in [1.165, 1.54) is 0 Å². The van der Waals surface area contributed by atoms with Gasteiger partial charge in [-0.1, -0.05) is 22.9 Å². The van der Waals surface area contributed by atoms with Gasteiger partial charge >= 0.3 is 0 Å². The molecule has 0 aliphatic carbocycles. The van der Waals surface area contributed by atoms with Crippen LogP contribution in [0.2, 0.25) is 0 Å². The van der Waals surface area contributed by atoms with Crippen molar-refractivity contribution < 1.29 is 18.5 Å². The van der Waals surface area contributed by atoms with Crippen LogP contribution in [0.4, 0.5) is 5.69 Å². The zero-order chi connectivity index (χ0) is 14.9. The highest BCUT2D eigenvalue weighted by molar-refractivity contribution is 8.07. The Labute approximate surface area is 114 Å². The molecule has 1 aromatic rings. The van der Waals surface area contributed by atoms with E-state index in [0.717, 1.165) is 5.56 Å². The quantitative estimate of drug-likeness (QED) is 0.489. The van der Waals surface area contributed by atoms with Crippen LogP contribution in [-0.4, -0.2) is 29.3 Å². The van der Waals surface area contributed by atoms with Crippen LogP contribution < -0.4 is 5.32 Å². The maximum absolute atomic E-state index is 11.7. The van der Waals surface area contributed by atoms with Crippen LogP contribution >= 0.6 is 0 Å². The van der Waals surface area contributed by atoms with Crippen molar-refractivity contribution in [1.29, 1.82) is 0 Å². The molecule has 0 radical (unpaired) electrons. The Morgan fingerprint density at radius 2 is 1.95 bits per heavy atom. The Balaban J connectivity index is 2.47. The van der Waals surface area contributed by atoms with Gasteiger partial charge in [0, 0.05) is 5.69 Å². The molecule has 2 N–H and O–H groups in total. The Kier molecular flexibility index (Phi) is 3.45. The van der Waals surface area contributed by atoms with Crippen LogP contribution in [0.25, 0.3) is 0 Å². The molecule has 0 atom stereocenters. The van der Waals surface area contributed by atoms with Gasteiger partial charge in [0.2, 0.25) is 14.9 Å². The van der Waals surface area contributed by atoms with E-state index in [0.29, 0.717) is 5.69 Å². The van der Waals surface area contributed by atoms with Gasteiger partial charge in [0.05, 0.1) is 4.92 Å². The normalized spacial score (nSPS) is 19.4. The minimum absolute atomic E-state index is 0.304. The number of anilines is 1. The molecule has 9 heteroatoms. The number of nitro groups is 1. The van der Waals surface area contributed by atoms with Crippen LogP contribution in [0.1, 0.15) is 5.56 Å². The molecule has 8 nitrogen and oxygen atoms in total. The first-order chi connectivity index (χ1) is 9.35. The summed E-state index contributed by atoms with van der Waals surface area (Å²) in [6.45, 7) is 1.87. The molecular formula is C11H11N3O5S. The van der Waals surface area contributed by atoms with Gasteiger partial charge in [0.25, 0.3) is 5.70 Å². The van der Waals surface area contributed by atoms with Gasteiger partial charge in [0.1, 0.15) is 5.75 Å². The van der Waals surface area contributed by atoms with E-state index in [9.17, 15) is 18.5 Å². The SMILES string of the molecule is Cc1ccc(NC2=C([N+](=O)[O-])CS(=O)(=O)/C2=N\O)cc1. The number of benzene rings is 1. The molecule has 0 saturated carbocycles. The van der Waals surface area contributed by atoms with Crippen molar-refractivity contribution in [3.8, 4) is 0 Å². The van der Waals surface area contributed by atoms with Gasteiger partial charge < -0.3 is 10.5 Å². The second-order valence-electron chi connectivity index (χ2n) is 4.23. The topological polar surface area (TPSA) is 122 Å². The van der Waals surface area contributed by atoms with E-state index in [1.807, 2.05) is 6.92 Å². The van der Waals surface area contributed by atoms with Crippen LogP contribution in [0.15, 0.2) is 40.8 Å². The summed E-state index contributed by atoms with van der Waals surface area (Å²) in [5.74, 6) is -0.798. The standard InChI is InChI=1S/C11H11N3O5S/c1-7-2-4-8(5-3-7)12-10-9(14(16)17)6-20(18,19)11(10)13-15/h2-5,12,15H,6H2,1H3/b13-11-. The second kappa shape index (κ2) is 4.93. The van der Waals surface area contributed by atoms with Crippen LogP contribution in [-0.2, 0) is 9.84 Å². The molecule has 1 aliphatic heterocycles. The molecule has 0 amide bonds. The van der Waals surface area contributed by atoms with Gasteiger partial charge in [0.15, 0.2) is 5.70 Å². The fourth-order valence-corrected chi connectivity index (χ4v) is 3.11. The molecule has 1 aromatic carbocycles. The predicted molar refractivity (Wildman–Crippen MR) is 71.8 cm³/mol. The summed E-state index contributed by atoms with van der Waals surface area (Å²) in [5, 5.41) is 24.3. The molecule has 1 heterocycles. The predicted octanol–water partition coefficient (Wildman–Crippen LogP) is 1.11. The molecule has 1 aliphatic rings. The molecule has 0 aromatic heterocycles. The van der Waals surface area contributed by atoms with E-state index in [1.54, 1.807) is 24.3 Å². The number of hydrogen-bond acceptors (Lipinski definition) is 7. The Bertz CT molecular complexity index is 719. The van der Waals surface area contributed by atoms with Crippen molar-refractivity contribution in [3.63, 3.8) is 0 Å². The zero-order valence-electron chi connectivity index (χ0n) is 10.4. The van der Waals surface area contributed by atoms with Crippen molar-refractivity contribution in [2.24, 2.45) is 5.16 Å². The average Bonchev–Trinajstić information content (AvgIpc) is 2.63. The van der Waals surface area contributed by atoms with Crippen molar-refractivity contribution in [2.75, 3.05) is 11.1 Å². The highest BCUT2D eigenvalue weighted by Crippen LogP contribution is 2.25. The van der Waals surface area contributed by atoms with E-state index >= 15 is 0 Å². The first-order valence-corrected chi connectivity index (χ1v) is 7.17. The molecule has 0 fully saturated rings. The Morgan fingerprint density at radius 1 is 1.35 bits per heavy atom. The number of nitrogens with one attached hydrogen (secondary N) is 1. The summed E-state index contributed by atoms with van der Waals surface area (Å²) in [4.78, 5) is 10.1. The Morgan fingerprint density at radius 3 is 2.45 bits per heavy atom. The minimum atomic E-state index is -3.99. The highest BCUT2D eigenvalue weighted by Gasteiger charge is 2.43. The number of nitrogens with zero attached hydrogens (tertiary/aromatic N) is 2. The maximum atomic E-state index is 11.7. The molecule has 20 heavy (non-hydrogen) atoms. The zero-order valence-corrected chi connectivity index (χ0v) is 11.2. The third-order valence-electron chi connectivity index (χ3n) is 2.76. The summed E-state index contributed by atoms with van der Waals surface area (Å²) in [5.41, 5.74) is 0.594. The van der Waals surface area contributed by atoms with Gasteiger partial charge in [-0.3, -0.25) is 10.1 Å². The fourth-order valence-electron chi connectivity index (χ4n) is 1.76. The van der Waals surface area contributed by atoms with Crippen molar-refractivity contribution >= 4 is 20.6 Å². The van der Waals surface area contributed by atoms with E-state index in [4.69, 9.17) is 5.21 Å². The second-order valence-corrected chi connectivity index (χ2v) is 6.14. The lowest BCUT2D eigenvalue weighted by atomic mass is 10.2. The smallest absolute Gasteiger partial charge is 0.287 e. The minimum Gasteiger partial charge on any atom is -0.410 e. The van der Waals surface area contributed by atoms with Crippen molar-refractivity contribution in [2.45, 2.75) is 6.92 Å². The third-order valence-corrected chi connectivity index (χ3v) is 4.28. The largest absolute Gasteiger partial charge is 0.410 e. The third kappa shape index (κ3) is 2.48. The van der Waals surface area contributed by atoms with Gasteiger partial charge in [-0.15, -0.1) is 0 Å². The number of rotatable bonds is 3. The first-order valence-electron chi connectivity index (χ1n) is 5.51. The molecule has 0 bridgehead atoms. The van der Waals surface area contributed by atoms with E-state index < -0.39 is 31.3 Å². The summed E-state index contributed by atoms with van der Waals surface area (Å²) < 4.78 is 23.4. The van der Waals surface area contributed by atoms with Gasteiger partial charge in [-0.05, 0) is 19.1 Å². The monoisotopic (exact) mass is 297 g/mol. The number of oxime groups is 1. The lowest BCUT2D eigenvalue weighted by molar-refractivity contribution is -0.423. The molecule has 0 spiro atoms. The van der Waals surface area contributed by atoms with Gasteiger partial charge in [-0.2, -0.15) is 0 Å². The lowest BCUT2D eigenvalue weighted by Gasteiger charge is -2.06. The summed E-state index contributed by atoms with van der Waals surface area (Å²) in [6, 6.07) is 6.79. The number of aryl methyl sites for hydroxylation is 1. The highest BCUT2D eigenvalue weighted by atomic mass is 32.2. The first kappa shape index (κ1) is 14.0. The summed E-state index contributed by atoms with van der Waals surface area (Å²) in [7, 11) is -3.99. The molecule has 106 valence electrons. The van der Waals surface area contributed by atoms with Crippen molar-refractivity contribution in [1.82, 2.24) is 0 Å². The van der Waals surface area contributed by atoms with Crippen LogP contribution in [0.5, 0.6) is 0 Å². The van der Waals surface area contributed by atoms with Crippen LogP contribution in [0.3, 0.4) is 0 Å². The van der Waals surface area contributed by atoms with Crippen LogP contribution in [0, 0.1) is 17.0 Å². The average molecular weight is 297 g/mol. The van der Waals surface area contributed by atoms with Gasteiger partial charge in [-0.25, -0.2) is 8.42 Å². The van der Waals surface area contributed by atoms with Crippen molar-refractivity contribution in [3.05, 3.63) is 51.3 Å². The molecule has 2 rings (SSSR count). The maximum Gasteiger partial charge on any atom is 0.287 e. The molecule has 0 saturated heterocycles.